The molecule has 3 fully saturated rings. The molecular weight excluding hydrogens is 805 g/mol. The number of phenolic OH excluding ortho intramolecular Hbond substituents is 1. The number of methoxy groups -OCH3 is 1. The maximum atomic E-state index is 15.6. The number of ether oxygens (including phenoxy) is 1. The number of benzene rings is 5. The average molecular weight is 838 g/mol. The van der Waals surface area contributed by atoms with Crippen molar-refractivity contribution in [1.29, 1.82) is 0 Å². The van der Waals surface area contributed by atoms with E-state index in [0.29, 0.717) is 38.7 Å². The lowest BCUT2D eigenvalue weighted by atomic mass is 9.49. The molecule has 2 aliphatic heterocycles. The van der Waals surface area contributed by atoms with Crippen LogP contribution in [0.3, 0.4) is 0 Å². The molecule has 0 bridgehead atoms. The molecule has 55 heavy (non-hydrogen) atoms. The number of phenols is 1. The number of rotatable bonds is 6. The summed E-state index contributed by atoms with van der Waals surface area (Å²) in [5.74, 6) is -5.26. The van der Waals surface area contributed by atoms with Gasteiger partial charge >= 0.3 is 0 Å². The lowest BCUT2D eigenvalue weighted by Crippen LogP contribution is -2.53. The van der Waals surface area contributed by atoms with E-state index in [2.05, 4.69) is 21.4 Å². The van der Waals surface area contributed by atoms with Crippen LogP contribution >= 0.6 is 39.1 Å². The second kappa shape index (κ2) is 13.3. The number of hydrogen-bond acceptors (Lipinski definition) is 7. The molecule has 2 heterocycles. The topological polar surface area (TPSA) is 116 Å². The van der Waals surface area contributed by atoms with E-state index in [9.17, 15) is 14.7 Å². The van der Waals surface area contributed by atoms with E-state index in [0.717, 1.165) is 20.4 Å². The monoisotopic (exact) mass is 835 g/mol. The molecule has 0 aromatic heterocycles. The largest absolute Gasteiger partial charge is 0.507 e. The summed E-state index contributed by atoms with van der Waals surface area (Å²) < 4.78 is 6.30. The minimum Gasteiger partial charge on any atom is -0.507 e. The first-order chi connectivity index (χ1) is 26.5. The molecule has 4 amide bonds. The number of anilines is 2. The number of aromatic hydroxyl groups is 1. The van der Waals surface area contributed by atoms with E-state index in [1.54, 1.807) is 73.8 Å². The second-order valence-corrected chi connectivity index (χ2v) is 16.2. The van der Waals surface area contributed by atoms with Crippen LogP contribution in [0.5, 0.6) is 11.5 Å². The van der Waals surface area contributed by atoms with Gasteiger partial charge in [-0.25, -0.2) is 0 Å². The van der Waals surface area contributed by atoms with Crippen LogP contribution in [-0.2, 0) is 24.6 Å². The molecule has 1 saturated carbocycles. The number of carbonyl (C=O) groups excluding carboxylic acids is 4. The lowest BCUT2D eigenvalue weighted by Gasteiger charge is -2.50. The Morgan fingerprint density at radius 1 is 0.855 bits per heavy atom. The fourth-order valence-corrected chi connectivity index (χ4v) is 10.3. The Morgan fingerprint density at radius 3 is 2.33 bits per heavy atom. The van der Waals surface area contributed by atoms with Crippen LogP contribution in [-0.4, -0.2) is 40.9 Å². The van der Waals surface area contributed by atoms with Crippen molar-refractivity contribution in [3.63, 3.8) is 0 Å². The van der Waals surface area contributed by atoms with Gasteiger partial charge in [0.2, 0.25) is 11.8 Å². The minimum atomic E-state index is -1.61. The molecule has 9 nitrogen and oxygen atoms in total. The number of imide groups is 2. The Labute approximate surface area is 334 Å². The van der Waals surface area contributed by atoms with Gasteiger partial charge in [-0.3, -0.25) is 29.5 Å². The summed E-state index contributed by atoms with van der Waals surface area (Å²) in [6, 6.07) is 29.9. The van der Waals surface area contributed by atoms with Gasteiger partial charge in [-0.2, -0.15) is 5.01 Å². The number of halogens is 3. The summed E-state index contributed by atoms with van der Waals surface area (Å²) in [5.41, 5.74) is 3.84. The molecule has 12 heteroatoms. The van der Waals surface area contributed by atoms with Crippen LogP contribution in [0.15, 0.2) is 119 Å². The molecule has 6 unspecified atom stereocenters. The molecule has 6 atom stereocenters. The third-order valence-corrected chi connectivity index (χ3v) is 13.0. The number of hydrogen-bond donors (Lipinski definition) is 2. The number of nitrogens with one attached hydrogen (secondary N) is 1. The predicted molar refractivity (Wildman–Crippen MR) is 213 cm³/mol. The van der Waals surface area contributed by atoms with Crippen molar-refractivity contribution in [3.05, 3.63) is 140 Å². The molecule has 5 aromatic rings. The van der Waals surface area contributed by atoms with Gasteiger partial charge in [-0.05, 0) is 84.3 Å². The molecular formula is C43H32BrCl2N3O6. The molecule has 2 aliphatic carbocycles. The van der Waals surface area contributed by atoms with Crippen LogP contribution in [0.2, 0.25) is 10.0 Å². The van der Waals surface area contributed by atoms with E-state index < -0.39 is 46.8 Å². The van der Waals surface area contributed by atoms with Gasteiger partial charge in [-0.1, -0.05) is 99.3 Å². The first-order valence-corrected chi connectivity index (χ1v) is 19.4. The summed E-state index contributed by atoms with van der Waals surface area (Å²) in [6.07, 6.45) is 2.30. The van der Waals surface area contributed by atoms with Gasteiger partial charge in [0.05, 0.1) is 46.7 Å². The number of amides is 4. The number of hydrazine groups is 1. The van der Waals surface area contributed by atoms with E-state index in [1.807, 2.05) is 36.4 Å². The van der Waals surface area contributed by atoms with Crippen LogP contribution in [0.25, 0.3) is 10.8 Å². The Morgan fingerprint density at radius 2 is 1.60 bits per heavy atom. The van der Waals surface area contributed by atoms with Crippen molar-refractivity contribution in [3.8, 4) is 11.5 Å². The Balaban J connectivity index is 1.27. The third-order valence-electron chi connectivity index (χ3n) is 11.9. The predicted octanol–water partition coefficient (Wildman–Crippen LogP) is 8.81. The van der Waals surface area contributed by atoms with E-state index in [4.69, 9.17) is 27.9 Å². The summed E-state index contributed by atoms with van der Waals surface area (Å²) in [7, 11) is 1.55. The molecule has 276 valence electrons. The molecule has 0 spiro atoms. The number of allylic oxidation sites excluding steroid dienone is 2. The Kier molecular flexibility index (Phi) is 8.56. The van der Waals surface area contributed by atoms with E-state index >= 15 is 9.59 Å². The highest BCUT2D eigenvalue weighted by Gasteiger charge is 2.70. The average Bonchev–Trinajstić information content (AvgIpc) is 3.57. The lowest BCUT2D eigenvalue weighted by molar-refractivity contribution is -0.138. The second-order valence-electron chi connectivity index (χ2n) is 14.4. The number of carbonyl (C=O) groups is 4. The molecule has 9 rings (SSSR count). The highest BCUT2D eigenvalue weighted by molar-refractivity contribution is 9.10. The van der Waals surface area contributed by atoms with Crippen LogP contribution < -0.4 is 15.1 Å². The first-order valence-electron chi connectivity index (χ1n) is 17.8. The van der Waals surface area contributed by atoms with Crippen LogP contribution in [0.1, 0.15) is 29.9 Å². The van der Waals surface area contributed by atoms with E-state index in [1.165, 1.54) is 11.0 Å². The van der Waals surface area contributed by atoms with Crippen LogP contribution in [0, 0.1) is 23.7 Å². The third kappa shape index (κ3) is 5.25. The van der Waals surface area contributed by atoms with Crippen molar-refractivity contribution in [2.45, 2.75) is 24.2 Å². The van der Waals surface area contributed by atoms with Gasteiger partial charge in [0, 0.05) is 26.4 Å². The zero-order valence-electron chi connectivity index (χ0n) is 29.2. The fourth-order valence-electron chi connectivity index (χ4n) is 9.54. The van der Waals surface area contributed by atoms with Crippen molar-refractivity contribution in [2.24, 2.45) is 23.7 Å². The highest BCUT2D eigenvalue weighted by Crippen LogP contribution is 2.65. The maximum Gasteiger partial charge on any atom is 0.260 e. The fraction of sp³-hybridized carbons (Fsp3) is 0.209. The summed E-state index contributed by atoms with van der Waals surface area (Å²) >= 11 is 16.2. The standard InChI is InChI=1S/C43H32BrCl2N3O6/c1-55-27-14-7-23(8-15-27)43-33(40(52)49(42(43)54)47-35-19-11-25(45)20-34(35)46)21-32-29(37(43)31-16-6-22-4-2-3-5-28(22)38(31)50)17-18-30-36(32)41(53)48(39(30)51)26-12-9-24(44)10-13-26/h2-17,19-20,30,32-33,36-37,47,50H,18,21H2,1H3. The van der Waals surface area contributed by atoms with E-state index in [-0.39, 0.29) is 35.4 Å². The number of fused-ring (bicyclic) bond motifs is 5. The van der Waals surface area contributed by atoms with Gasteiger partial charge in [0.15, 0.2) is 0 Å². The van der Waals surface area contributed by atoms with Crippen molar-refractivity contribution >= 4 is 84.9 Å². The summed E-state index contributed by atoms with van der Waals surface area (Å²) in [5, 5.41) is 15.2. The normalized spacial score (nSPS) is 25.8. The SMILES string of the molecule is COc1ccc(C23C(=O)N(Nc4ccc(Cl)cc4Cl)C(=O)C2CC2C(=CCC4C(=O)N(c5ccc(Br)cc5)C(=O)C42)C3c2ccc3ccccc3c2O)cc1. The smallest absolute Gasteiger partial charge is 0.260 e. The van der Waals surface area contributed by atoms with Crippen molar-refractivity contribution in [1.82, 2.24) is 5.01 Å². The quantitative estimate of drug-likeness (QED) is 0.130. The van der Waals surface area contributed by atoms with Crippen molar-refractivity contribution < 1.29 is 29.0 Å². The van der Waals surface area contributed by atoms with Gasteiger partial charge in [0.25, 0.3) is 11.8 Å². The van der Waals surface area contributed by atoms with Gasteiger partial charge in [-0.15, -0.1) is 0 Å². The Hall–Kier alpha value is -5.16. The van der Waals surface area contributed by atoms with Crippen LogP contribution in [0.4, 0.5) is 11.4 Å². The minimum absolute atomic E-state index is 0.0314. The first kappa shape index (κ1) is 35.5. The van der Waals surface area contributed by atoms with Crippen molar-refractivity contribution in [2.75, 3.05) is 17.4 Å². The summed E-state index contributed by atoms with van der Waals surface area (Å²) in [4.78, 5) is 60.6. The maximum absolute atomic E-state index is 15.6. The molecule has 5 aromatic carbocycles. The highest BCUT2D eigenvalue weighted by atomic mass is 79.9. The molecule has 0 radical (unpaired) electrons. The molecule has 2 saturated heterocycles. The number of nitrogens with zero attached hydrogens (tertiary/aromatic N) is 2. The zero-order chi connectivity index (χ0) is 38.3. The van der Waals surface area contributed by atoms with Gasteiger partial charge < -0.3 is 9.84 Å². The zero-order valence-corrected chi connectivity index (χ0v) is 32.3. The Bertz CT molecular complexity index is 2490. The summed E-state index contributed by atoms with van der Waals surface area (Å²) in [6.45, 7) is 0. The van der Waals surface area contributed by atoms with Gasteiger partial charge in [0.1, 0.15) is 11.5 Å². The molecule has 2 N–H and O–H groups in total. The molecule has 4 aliphatic rings.